The van der Waals surface area contributed by atoms with Crippen molar-refractivity contribution in [3.63, 3.8) is 0 Å². The van der Waals surface area contributed by atoms with Crippen LogP contribution in [0.5, 0.6) is 0 Å². The van der Waals surface area contributed by atoms with Crippen LogP contribution in [0.1, 0.15) is 16.6 Å². The van der Waals surface area contributed by atoms with Crippen LogP contribution in [0, 0.1) is 22.7 Å². The third kappa shape index (κ3) is 4.39. The molecule has 62 heavy (non-hydrogen) atoms. The summed E-state index contributed by atoms with van der Waals surface area (Å²) in [6, 6.07) is 60.6. The molecule has 286 valence electrons. The normalized spacial score (nSPS) is 12.7. The predicted molar refractivity (Wildman–Crippen MR) is 253 cm³/mol. The van der Waals surface area contributed by atoms with E-state index in [-0.39, 0.29) is 11.1 Å². The van der Waals surface area contributed by atoms with Crippen molar-refractivity contribution < 1.29 is 5.48 Å². The number of fused-ring (bicyclic) bond motifs is 12. The highest BCUT2D eigenvalue weighted by Gasteiger charge is 2.34. The van der Waals surface area contributed by atoms with Crippen molar-refractivity contribution in [3.8, 4) is 34.9 Å². The van der Waals surface area contributed by atoms with Gasteiger partial charge in [-0.3, -0.25) is 0 Å². The van der Waals surface area contributed by atoms with E-state index in [2.05, 4.69) is 25.8 Å². The van der Waals surface area contributed by atoms with E-state index in [4.69, 9.17) is 0 Å². The van der Waals surface area contributed by atoms with E-state index < -0.39 is 0 Å². The number of para-hydroxylation sites is 8. The highest BCUT2D eigenvalue weighted by atomic mass is 15.1. The summed E-state index contributed by atoms with van der Waals surface area (Å²) in [7, 11) is 0. The standard InChI is InChI=1S/C56H32N6/c57-33-43-53(59-45-25-9-1-17-35(45)36-18-2-10-26-46(36)59)44(34-58)55(61-49-29-13-5-21-39(49)40-22-6-14-30-50(40)61)56(62-51-31-15-7-23-41(51)42-24-8-16-32-52(42)62)54(43)60-47-27-11-3-19-37(47)38-20-4-12-28-48(38)60/h1-32H/i17D,19D,21D,23D. The van der Waals surface area contributed by atoms with Crippen molar-refractivity contribution in [1.82, 2.24) is 18.3 Å². The Hall–Kier alpha value is -8.84. The first-order valence-electron chi connectivity index (χ1n) is 22.4. The molecule has 0 aliphatic heterocycles. The lowest BCUT2D eigenvalue weighted by molar-refractivity contribution is 1.02. The summed E-state index contributed by atoms with van der Waals surface area (Å²) in [5.74, 6) is 0. The van der Waals surface area contributed by atoms with Gasteiger partial charge < -0.3 is 18.3 Å². The zero-order valence-corrected chi connectivity index (χ0v) is 32.8. The highest BCUT2D eigenvalue weighted by molar-refractivity contribution is 6.15. The van der Waals surface area contributed by atoms with E-state index in [0.29, 0.717) is 96.0 Å². The molecule has 4 heterocycles. The van der Waals surface area contributed by atoms with Gasteiger partial charge in [0.2, 0.25) is 0 Å². The Balaban J connectivity index is 1.41. The molecule has 6 heteroatoms. The van der Waals surface area contributed by atoms with Gasteiger partial charge in [-0.1, -0.05) is 145 Å². The summed E-state index contributed by atoms with van der Waals surface area (Å²) in [6.07, 6.45) is 0. The van der Waals surface area contributed by atoms with E-state index in [0.717, 1.165) is 38.1 Å². The lowest BCUT2D eigenvalue weighted by Gasteiger charge is -2.27. The van der Waals surface area contributed by atoms with Crippen LogP contribution in [-0.4, -0.2) is 18.3 Å². The fourth-order valence-electron chi connectivity index (χ4n) is 10.1. The first kappa shape index (κ1) is 30.2. The SMILES string of the molecule is [2H]c1cccc2c1c1ccccc1n2-c1c(C#N)c(-n2c3ccccc3c3c([2H])cccc32)c(-n2c3ccccc3c3c([2H])cccc32)c(-n2c3ccccc3c3c([2H])cccc32)c1C#N. The molecule has 0 aliphatic rings. The molecule has 0 spiro atoms. The molecule has 4 aromatic heterocycles. The number of hydrogen-bond donors (Lipinski definition) is 0. The molecule has 0 bridgehead atoms. The summed E-state index contributed by atoms with van der Waals surface area (Å²) in [5.41, 5.74) is 7.83. The zero-order valence-electron chi connectivity index (χ0n) is 36.8. The molecule has 13 rings (SSSR count). The molecule has 0 radical (unpaired) electrons. The molecular formula is C56H32N6. The molecule has 0 fully saturated rings. The maximum absolute atomic E-state index is 12.2. The molecule has 0 aliphatic carbocycles. The van der Waals surface area contributed by atoms with Gasteiger partial charge in [0.25, 0.3) is 0 Å². The number of nitrogens with zero attached hydrogens (tertiary/aromatic N) is 6. The van der Waals surface area contributed by atoms with Crippen LogP contribution in [0.2, 0.25) is 0 Å². The van der Waals surface area contributed by atoms with Gasteiger partial charge in [-0.05, 0) is 48.5 Å². The first-order valence-corrected chi connectivity index (χ1v) is 20.4. The van der Waals surface area contributed by atoms with E-state index >= 15 is 0 Å². The van der Waals surface area contributed by atoms with Gasteiger partial charge in [0.1, 0.15) is 23.3 Å². The van der Waals surface area contributed by atoms with Gasteiger partial charge in [-0.2, -0.15) is 10.5 Å². The second-order valence-corrected chi connectivity index (χ2v) is 15.5. The van der Waals surface area contributed by atoms with Crippen molar-refractivity contribution in [1.29, 1.82) is 10.5 Å². The van der Waals surface area contributed by atoms with E-state index in [1.54, 1.807) is 24.3 Å². The number of rotatable bonds is 4. The Morgan fingerprint density at radius 1 is 0.274 bits per heavy atom. The maximum atomic E-state index is 12.2. The zero-order chi connectivity index (χ0) is 44.5. The predicted octanol–water partition coefficient (Wildman–Crippen LogP) is 13.8. The molecule has 0 N–H and O–H groups in total. The lowest BCUT2D eigenvalue weighted by atomic mass is 9.98. The molecule has 0 saturated heterocycles. The van der Waals surface area contributed by atoms with Gasteiger partial charge in [0.15, 0.2) is 0 Å². The summed E-state index contributed by atoms with van der Waals surface area (Å²) in [4.78, 5) is 0. The first-order chi connectivity index (χ1) is 32.4. The minimum Gasteiger partial charge on any atom is -0.306 e. The number of benzene rings is 9. The van der Waals surface area contributed by atoms with Crippen LogP contribution in [0.15, 0.2) is 194 Å². The molecule has 0 atom stereocenters. The van der Waals surface area contributed by atoms with Gasteiger partial charge in [0, 0.05) is 43.1 Å². The largest absolute Gasteiger partial charge is 0.306 e. The second-order valence-electron chi connectivity index (χ2n) is 15.5. The fraction of sp³-hybridized carbons (Fsp3) is 0. The van der Waals surface area contributed by atoms with E-state index in [9.17, 15) is 16.0 Å². The summed E-state index contributed by atoms with van der Waals surface area (Å²) >= 11 is 0. The quantitative estimate of drug-likeness (QED) is 0.178. The Labute approximate surface area is 360 Å². The number of aromatic nitrogens is 4. The third-order valence-corrected chi connectivity index (χ3v) is 12.5. The average molecular weight is 793 g/mol. The Bertz CT molecular complexity index is 4220. The topological polar surface area (TPSA) is 67.3 Å². The van der Waals surface area contributed by atoms with Gasteiger partial charge in [-0.25, -0.2) is 0 Å². The highest BCUT2D eigenvalue weighted by Crippen LogP contribution is 2.48. The summed E-state index contributed by atoms with van der Waals surface area (Å²) in [5, 5.41) is 30.4. The van der Waals surface area contributed by atoms with Crippen molar-refractivity contribution >= 4 is 87.2 Å². The average Bonchev–Trinajstić information content (AvgIpc) is 4.07. The van der Waals surface area contributed by atoms with Crippen molar-refractivity contribution in [3.05, 3.63) is 205 Å². The van der Waals surface area contributed by atoms with E-state index in [1.165, 1.54) is 0 Å². The smallest absolute Gasteiger partial charge is 0.104 e. The number of nitriles is 2. The maximum Gasteiger partial charge on any atom is 0.104 e. The van der Waals surface area contributed by atoms with Crippen LogP contribution >= 0.6 is 0 Å². The Kier molecular flexibility index (Phi) is 6.26. The van der Waals surface area contributed by atoms with Gasteiger partial charge in [0.05, 0.1) is 72.4 Å². The van der Waals surface area contributed by atoms with Crippen LogP contribution in [0.3, 0.4) is 0 Å². The summed E-state index contributed by atoms with van der Waals surface area (Å²) < 4.78 is 45.5. The second kappa shape index (κ2) is 12.8. The van der Waals surface area contributed by atoms with Crippen LogP contribution in [0.4, 0.5) is 0 Å². The monoisotopic (exact) mass is 792 g/mol. The molecule has 9 aromatic carbocycles. The Morgan fingerprint density at radius 2 is 0.500 bits per heavy atom. The lowest BCUT2D eigenvalue weighted by Crippen LogP contribution is -2.16. The third-order valence-electron chi connectivity index (χ3n) is 12.5. The fourth-order valence-corrected chi connectivity index (χ4v) is 10.1. The minimum absolute atomic E-state index is 0.191. The van der Waals surface area contributed by atoms with Gasteiger partial charge >= 0.3 is 0 Å². The van der Waals surface area contributed by atoms with E-state index in [1.807, 2.05) is 150 Å². The van der Waals surface area contributed by atoms with Crippen molar-refractivity contribution in [2.24, 2.45) is 0 Å². The Morgan fingerprint density at radius 3 is 0.790 bits per heavy atom. The molecular weight excluding hydrogens is 757 g/mol. The van der Waals surface area contributed by atoms with Crippen LogP contribution in [0.25, 0.3) is 110 Å². The van der Waals surface area contributed by atoms with Gasteiger partial charge in [-0.15, -0.1) is 0 Å². The molecule has 0 amide bonds. The van der Waals surface area contributed by atoms with Crippen molar-refractivity contribution in [2.75, 3.05) is 0 Å². The van der Waals surface area contributed by atoms with Crippen molar-refractivity contribution in [2.45, 2.75) is 0 Å². The molecule has 6 nitrogen and oxygen atoms in total. The number of hydrogen-bond acceptors (Lipinski definition) is 2. The van der Waals surface area contributed by atoms with Crippen LogP contribution in [-0.2, 0) is 0 Å². The van der Waals surface area contributed by atoms with Crippen LogP contribution < -0.4 is 0 Å². The molecule has 0 saturated carbocycles. The molecule has 13 aromatic rings. The minimum atomic E-state index is 0.191. The summed E-state index contributed by atoms with van der Waals surface area (Å²) in [6.45, 7) is 0. The molecule has 0 unspecified atom stereocenters.